The predicted octanol–water partition coefficient (Wildman–Crippen LogP) is 4.73. The highest BCUT2D eigenvalue weighted by Crippen LogP contribution is 2.18. The monoisotopic (exact) mass is 672 g/mol. The van der Waals surface area contributed by atoms with Gasteiger partial charge in [0.15, 0.2) is 0 Å². The molecule has 266 valence electrons. The average molecular weight is 673 g/mol. The van der Waals surface area contributed by atoms with E-state index in [2.05, 4.69) is 9.80 Å². The van der Waals surface area contributed by atoms with Crippen LogP contribution < -0.4 is 15.2 Å². The van der Waals surface area contributed by atoms with Gasteiger partial charge in [0.1, 0.15) is 35.9 Å². The first kappa shape index (κ1) is 38.2. The van der Waals surface area contributed by atoms with Crippen LogP contribution in [0.1, 0.15) is 41.5 Å². The summed E-state index contributed by atoms with van der Waals surface area (Å²) in [4.78, 5) is 42.2. The maximum Gasteiger partial charge on any atom is 0.410 e. The van der Waals surface area contributed by atoms with Crippen molar-refractivity contribution in [3.05, 3.63) is 58.6 Å². The number of nitrogens with two attached hydrogens (primary N) is 1. The Kier molecular flexibility index (Phi) is 14.1. The van der Waals surface area contributed by atoms with Gasteiger partial charge >= 0.3 is 12.2 Å². The Bertz CT molecular complexity index is 1290. The van der Waals surface area contributed by atoms with Gasteiger partial charge < -0.3 is 34.5 Å². The van der Waals surface area contributed by atoms with E-state index >= 15 is 0 Å². The fourth-order valence-corrected chi connectivity index (χ4v) is 4.77. The Morgan fingerprint density at radius 3 is 1.35 bits per heavy atom. The van der Waals surface area contributed by atoms with Crippen LogP contribution in [0.5, 0.6) is 11.5 Å². The zero-order chi connectivity index (χ0) is 35.3. The first-order valence-corrected chi connectivity index (χ1v) is 16.3. The van der Waals surface area contributed by atoms with Crippen molar-refractivity contribution in [2.45, 2.75) is 52.7 Å². The SMILES string of the molecule is CC(C)(C)OC(=O)N1CCN(CCOc2ccc(N)cc2)CC1.CC(C)(C)OC(=O)N1CCN(CCOc2ccc([N+](=O)[O-])cc2)CC1. The molecule has 0 aromatic heterocycles. The molecule has 2 N–H and O–H groups in total. The summed E-state index contributed by atoms with van der Waals surface area (Å²) >= 11 is 0. The fraction of sp³-hybridized carbons (Fsp3) is 0.588. The summed E-state index contributed by atoms with van der Waals surface area (Å²) in [5, 5.41) is 10.6. The van der Waals surface area contributed by atoms with E-state index in [1.54, 1.807) is 21.9 Å². The van der Waals surface area contributed by atoms with Crippen molar-refractivity contribution in [1.29, 1.82) is 0 Å². The molecular formula is C34H52N6O8. The summed E-state index contributed by atoms with van der Waals surface area (Å²) in [5.74, 6) is 1.43. The van der Waals surface area contributed by atoms with Crippen molar-refractivity contribution < 1.29 is 33.5 Å². The van der Waals surface area contributed by atoms with Crippen LogP contribution in [0, 0.1) is 10.1 Å². The second kappa shape index (κ2) is 17.7. The number of nitro groups is 1. The first-order chi connectivity index (χ1) is 22.6. The maximum atomic E-state index is 12.0. The lowest BCUT2D eigenvalue weighted by Gasteiger charge is -2.35. The van der Waals surface area contributed by atoms with Crippen molar-refractivity contribution in [2.75, 3.05) is 84.4 Å². The molecule has 2 aliphatic heterocycles. The Morgan fingerprint density at radius 2 is 1.02 bits per heavy atom. The second-order valence-corrected chi connectivity index (χ2v) is 13.6. The van der Waals surface area contributed by atoms with Crippen molar-refractivity contribution in [3.63, 3.8) is 0 Å². The molecule has 2 saturated heterocycles. The molecule has 4 rings (SSSR count). The number of ether oxygens (including phenoxy) is 4. The molecule has 0 bridgehead atoms. The molecule has 14 heteroatoms. The second-order valence-electron chi connectivity index (χ2n) is 13.6. The van der Waals surface area contributed by atoms with Gasteiger partial charge in [-0.3, -0.25) is 19.9 Å². The number of rotatable bonds is 9. The summed E-state index contributed by atoms with van der Waals surface area (Å²) in [5.41, 5.74) is 5.50. The van der Waals surface area contributed by atoms with E-state index in [0.717, 1.165) is 50.7 Å². The Labute approximate surface area is 283 Å². The third kappa shape index (κ3) is 14.2. The van der Waals surface area contributed by atoms with Crippen LogP contribution in [0.3, 0.4) is 0 Å². The Hall–Kier alpha value is -4.30. The van der Waals surface area contributed by atoms with E-state index in [1.807, 2.05) is 65.8 Å². The topological polar surface area (TPSA) is 153 Å². The molecule has 2 fully saturated rings. The molecule has 0 unspecified atom stereocenters. The number of nitrogens with zero attached hydrogens (tertiary/aromatic N) is 5. The van der Waals surface area contributed by atoms with Crippen molar-refractivity contribution in [3.8, 4) is 11.5 Å². The lowest BCUT2D eigenvalue weighted by Crippen LogP contribution is -2.50. The number of non-ortho nitro benzene ring substituents is 1. The number of carbonyl (C=O) groups excluding carboxylic acids is 2. The number of carbonyl (C=O) groups is 2. The van der Waals surface area contributed by atoms with Crippen LogP contribution in [0.25, 0.3) is 0 Å². The molecule has 0 saturated carbocycles. The van der Waals surface area contributed by atoms with Crippen molar-refractivity contribution >= 4 is 23.6 Å². The highest BCUT2D eigenvalue weighted by atomic mass is 16.6. The minimum Gasteiger partial charge on any atom is -0.492 e. The van der Waals surface area contributed by atoms with E-state index in [4.69, 9.17) is 24.7 Å². The van der Waals surface area contributed by atoms with E-state index in [9.17, 15) is 19.7 Å². The van der Waals surface area contributed by atoms with Crippen LogP contribution in [0.15, 0.2) is 48.5 Å². The molecule has 0 radical (unpaired) electrons. The van der Waals surface area contributed by atoms with Gasteiger partial charge in [0.25, 0.3) is 5.69 Å². The van der Waals surface area contributed by atoms with Crippen LogP contribution in [-0.4, -0.2) is 127 Å². The van der Waals surface area contributed by atoms with E-state index in [1.165, 1.54) is 12.1 Å². The summed E-state index contributed by atoms with van der Waals surface area (Å²) in [6.07, 6.45) is -0.496. The quantitative estimate of drug-likeness (QED) is 0.224. The lowest BCUT2D eigenvalue weighted by molar-refractivity contribution is -0.384. The number of nitrogen functional groups attached to an aromatic ring is 1. The molecule has 0 aliphatic carbocycles. The van der Waals surface area contributed by atoms with Gasteiger partial charge in [-0.25, -0.2) is 9.59 Å². The molecule has 0 atom stereocenters. The predicted molar refractivity (Wildman–Crippen MR) is 183 cm³/mol. The molecular weight excluding hydrogens is 620 g/mol. The van der Waals surface area contributed by atoms with Crippen molar-refractivity contribution in [1.82, 2.24) is 19.6 Å². The van der Waals surface area contributed by atoms with Crippen molar-refractivity contribution in [2.24, 2.45) is 0 Å². The van der Waals surface area contributed by atoms with Gasteiger partial charge in [0, 0.05) is 83.3 Å². The molecule has 2 amide bonds. The zero-order valence-corrected chi connectivity index (χ0v) is 29.2. The number of nitro benzene ring substituents is 1. The number of amides is 2. The maximum absolute atomic E-state index is 12.0. The van der Waals surface area contributed by atoms with E-state index in [0.29, 0.717) is 45.1 Å². The summed E-state index contributed by atoms with van der Waals surface area (Å²) in [6.45, 7) is 19.8. The van der Waals surface area contributed by atoms with Crippen LogP contribution in [0.4, 0.5) is 21.0 Å². The number of benzene rings is 2. The van der Waals surface area contributed by atoms with Gasteiger partial charge in [0.2, 0.25) is 0 Å². The third-order valence-corrected chi connectivity index (χ3v) is 7.33. The van der Waals surface area contributed by atoms with Gasteiger partial charge in [0.05, 0.1) is 4.92 Å². The minimum atomic E-state index is -0.479. The molecule has 0 spiro atoms. The number of anilines is 1. The fourth-order valence-electron chi connectivity index (χ4n) is 4.77. The van der Waals surface area contributed by atoms with Gasteiger partial charge in [-0.1, -0.05) is 0 Å². The molecule has 2 aromatic carbocycles. The number of hydrogen-bond acceptors (Lipinski definition) is 11. The smallest absolute Gasteiger partial charge is 0.410 e. The van der Waals surface area contributed by atoms with Gasteiger partial charge in [-0.15, -0.1) is 0 Å². The van der Waals surface area contributed by atoms with Gasteiger partial charge in [-0.2, -0.15) is 0 Å². The Morgan fingerprint density at radius 1 is 0.667 bits per heavy atom. The largest absolute Gasteiger partial charge is 0.492 e. The molecule has 14 nitrogen and oxygen atoms in total. The highest BCUT2D eigenvalue weighted by molar-refractivity contribution is 5.68. The molecule has 2 aromatic rings. The number of hydrogen-bond donors (Lipinski definition) is 1. The molecule has 2 aliphatic rings. The Balaban J connectivity index is 0.000000261. The van der Waals surface area contributed by atoms with E-state index in [-0.39, 0.29) is 17.9 Å². The lowest BCUT2D eigenvalue weighted by atomic mass is 10.2. The minimum absolute atomic E-state index is 0.0469. The van der Waals surface area contributed by atoms with E-state index < -0.39 is 16.1 Å². The normalized spacial score (nSPS) is 16.0. The summed E-state index contributed by atoms with van der Waals surface area (Å²) < 4.78 is 22.1. The summed E-state index contributed by atoms with van der Waals surface area (Å²) in [7, 11) is 0. The summed E-state index contributed by atoms with van der Waals surface area (Å²) in [6, 6.07) is 13.4. The zero-order valence-electron chi connectivity index (χ0n) is 29.2. The van der Waals surface area contributed by atoms with Crippen LogP contribution in [0.2, 0.25) is 0 Å². The third-order valence-electron chi connectivity index (χ3n) is 7.33. The van der Waals surface area contributed by atoms with Crippen LogP contribution >= 0.6 is 0 Å². The first-order valence-electron chi connectivity index (χ1n) is 16.3. The average Bonchev–Trinajstić information content (AvgIpc) is 3.01. The highest BCUT2D eigenvalue weighted by Gasteiger charge is 2.27. The van der Waals surface area contributed by atoms with Gasteiger partial charge in [-0.05, 0) is 77.9 Å². The molecule has 2 heterocycles. The van der Waals surface area contributed by atoms with Crippen LogP contribution in [-0.2, 0) is 9.47 Å². The standard InChI is InChI=1S/C17H25N3O5.C17H27N3O3/c1-17(2,3)25-16(21)19-10-8-18(9-11-19)12-13-24-15-6-4-14(5-7-15)20(22)23;1-17(2,3)23-16(21)20-10-8-19(9-11-20)12-13-22-15-6-4-14(18)5-7-15/h4-7H,8-13H2,1-3H3;4-7H,8-13,18H2,1-3H3. The number of piperazine rings is 2. The molecule has 48 heavy (non-hydrogen) atoms.